The molecule has 0 aliphatic rings. The molecule has 3 nitrogen and oxygen atoms in total. The van der Waals surface area contributed by atoms with Gasteiger partial charge in [0, 0.05) is 0 Å². The van der Waals surface area contributed by atoms with Crippen molar-refractivity contribution in [1.29, 1.82) is 0 Å². The molecule has 0 bridgehead atoms. The van der Waals surface area contributed by atoms with Crippen LogP contribution in [0.15, 0.2) is 39.7 Å². The normalized spacial score (nSPS) is 11.2. The van der Waals surface area contributed by atoms with E-state index in [1.807, 2.05) is 24.3 Å². The van der Waals surface area contributed by atoms with E-state index in [1.165, 1.54) is 4.90 Å². The van der Waals surface area contributed by atoms with Crippen molar-refractivity contribution in [3.05, 3.63) is 46.3 Å². The summed E-state index contributed by atoms with van der Waals surface area (Å²) in [6.45, 7) is 7.02. The van der Waals surface area contributed by atoms with E-state index in [0.29, 0.717) is 11.0 Å². The fourth-order valence-electron chi connectivity index (χ4n) is 2.01. The molecule has 2 aromatic rings. The van der Waals surface area contributed by atoms with Crippen LogP contribution in [-0.2, 0) is 6.54 Å². The lowest BCUT2D eigenvalue weighted by Crippen LogP contribution is -3.10. The molecule has 90 valence electrons. The summed E-state index contributed by atoms with van der Waals surface area (Å²) in [5, 5.41) is 0.677. The minimum absolute atomic E-state index is 0.103. The predicted octanol–water partition coefficient (Wildman–Crippen LogP) is 1.22. The minimum atomic E-state index is 0.103. The highest BCUT2D eigenvalue weighted by Gasteiger charge is 2.11. The molecule has 0 amide bonds. The Labute approximate surface area is 101 Å². The highest BCUT2D eigenvalue weighted by molar-refractivity contribution is 5.76. The third-order valence-electron chi connectivity index (χ3n) is 3.19. The fraction of sp³-hybridized carbons (Fsp3) is 0.357. The van der Waals surface area contributed by atoms with Crippen molar-refractivity contribution in [3.8, 4) is 0 Å². The van der Waals surface area contributed by atoms with Crippen molar-refractivity contribution in [1.82, 2.24) is 0 Å². The summed E-state index contributed by atoms with van der Waals surface area (Å²) >= 11 is 0. The van der Waals surface area contributed by atoms with Crippen LogP contribution in [0.2, 0.25) is 0 Å². The van der Waals surface area contributed by atoms with Gasteiger partial charge in [-0.25, -0.2) is 0 Å². The lowest BCUT2D eigenvalue weighted by molar-refractivity contribution is -0.910. The van der Waals surface area contributed by atoms with Crippen LogP contribution in [0.3, 0.4) is 0 Å². The van der Waals surface area contributed by atoms with Crippen LogP contribution in [-0.4, -0.2) is 13.1 Å². The van der Waals surface area contributed by atoms with E-state index >= 15 is 0 Å². The second-order valence-corrected chi connectivity index (χ2v) is 4.22. The quantitative estimate of drug-likeness (QED) is 0.860. The summed E-state index contributed by atoms with van der Waals surface area (Å²) in [5.41, 5.74) is 1.53. The monoisotopic (exact) mass is 232 g/mol. The van der Waals surface area contributed by atoms with E-state index in [0.717, 1.165) is 25.2 Å². The van der Waals surface area contributed by atoms with Gasteiger partial charge in [0.05, 0.1) is 24.0 Å². The summed E-state index contributed by atoms with van der Waals surface area (Å²) in [7, 11) is 0. The molecule has 1 heterocycles. The van der Waals surface area contributed by atoms with Crippen LogP contribution in [0.4, 0.5) is 0 Å². The number of para-hydroxylation sites is 1. The molecule has 0 saturated carbocycles. The van der Waals surface area contributed by atoms with Crippen LogP contribution in [0, 0.1) is 0 Å². The van der Waals surface area contributed by atoms with Crippen molar-refractivity contribution >= 4 is 11.0 Å². The Kier molecular flexibility index (Phi) is 3.59. The first kappa shape index (κ1) is 11.9. The third-order valence-corrected chi connectivity index (χ3v) is 3.19. The Balaban J connectivity index is 2.42. The molecule has 17 heavy (non-hydrogen) atoms. The molecular formula is C14H18NO2+. The summed E-state index contributed by atoms with van der Waals surface area (Å²) in [6.07, 6.45) is 1.61. The number of rotatable bonds is 4. The lowest BCUT2D eigenvalue weighted by Gasteiger charge is -2.14. The first-order valence-corrected chi connectivity index (χ1v) is 6.09. The molecular weight excluding hydrogens is 214 g/mol. The van der Waals surface area contributed by atoms with Crippen molar-refractivity contribution in [2.24, 2.45) is 0 Å². The zero-order chi connectivity index (χ0) is 12.3. The van der Waals surface area contributed by atoms with E-state index in [1.54, 1.807) is 6.26 Å². The number of benzene rings is 1. The van der Waals surface area contributed by atoms with Crippen LogP contribution in [0.5, 0.6) is 0 Å². The summed E-state index contributed by atoms with van der Waals surface area (Å²) in [6, 6.07) is 7.39. The molecule has 0 saturated heterocycles. The van der Waals surface area contributed by atoms with Gasteiger partial charge in [0.15, 0.2) is 0 Å². The largest absolute Gasteiger partial charge is 0.464 e. The zero-order valence-electron chi connectivity index (χ0n) is 10.3. The Morgan fingerprint density at radius 3 is 2.59 bits per heavy atom. The van der Waals surface area contributed by atoms with Gasteiger partial charge in [-0.1, -0.05) is 12.1 Å². The second-order valence-electron chi connectivity index (χ2n) is 4.22. The third kappa shape index (κ3) is 2.39. The van der Waals surface area contributed by atoms with Gasteiger partial charge < -0.3 is 9.32 Å². The lowest BCUT2D eigenvalue weighted by atomic mass is 10.1. The van der Waals surface area contributed by atoms with Crippen molar-refractivity contribution < 1.29 is 9.32 Å². The molecule has 1 aromatic heterocycles. The standard InChI is InChI=1S/C14H17NO2/c1-3-15(4-2)9-11-10-17-13-8-6-5-7-12(13)14(11)16/h5-8,10H,3-4,9H2,1-2H3/p+1. The molecule has 0 radical (unpaired) electrons. The highest BCUT2D eigenvalue weighted by Crippen LogP contribution is 2.09. The van der Waals surface area contributed by atoms with Gasteiger partial charge in [0.1, 0.15) is 18.4 Å². The van der Waals surface area contributed by atoms with Gasteiger partial charge in [-0.2, -0.15) is 0 Å². The van der Waals surface area contributed by atoms with Gasteiger partial charge in [0.2, 0.25) is 5.43 Å². The first-order valence-electron chi connectivity index (χ1n) is 6.09. The molecule has 3 heteroatoms. The smallest absolute Gasteiger partial charge is 0.201 e. The van der Waals surface area contributed by atoms with Crippen LogP contribution >= 0.6 is 0 Å². The number of fused-ring (bicyclic) bond motifs is 1. The number of nitrogens with one attached hydrogen (secondary N) is 1. The van der Waals surface area contributed by atoms with E-state index < -0.39 is 0 Å². The maximum atomic E-state index is 12.2. The average molecular weight is 232 g/mol. The van der Waals surface area contributed by atoms with Crippen molar-refractivity contribution in [3.63, 3.8) is 0 Å². The molecule has 0 aliphatic heterocycles. The summed E-state index contributed by atoms with van der Waals surface area (Å²) in [5.74, 6) is 0. The molecule has 2 rings (SSSR count). The number of hydrogen-bond acceptors (Lipinski definition) is 2. The van der Waals surface area contributed by atoms with Gasteiger partial charge in [-0.3, -0.25) is 4.79 Å². The minimum Gasteiger partial charge on any atom is -0.464 e. The molecule has 0 fully saturated rings. The SMILES string of the molecule is CC[NH+](CC)Cc1coc2ccccc2c1=O. The molecule has 0 spiro atoms. The first-order chi connectivity index (χ1) is 8.26. The van der Waals surface area contributed by atoms with E-state index in [9.17, 15) is 4.79 Å². The molecule has 0 aliphatic carbocycles. The average Bonchev–Trinajstić information content (AvgIpc) is 2.38. The van der Waals surface area contributed by atoms with Gasteiger partial charge in [-0.15, -0.1) is 0 Å². The van der Waals surface area contributed by atoms with Crippen LogP contribution < -0.4 is 10.3 Å². The molecule has 1 N–H and O–H groups in total. The number of quaternary nitrogens is 1. The highest BCUT2D eigenvalue weighted by atomic mass is 16.3. The maximum Gasteiger partial charge on any atom is 0.201 e. The van der Waals surface area contributed by atoms with E-state index in [4.69, 9.17) is 4.42 Å². The Morgan fingerprint density at radius 1 is 1.18 bits per heavy atom. The number of hydrogen-bond donors (Lipinski definition) is 1. The van der Waals surface area contributed by atoms with Gasteiger partial charge >= 0.3 is 0 Å². The van der Waals surface area contributed by atoms with Gasteiger partial charge in [-0.05, 0) is 26.0 Å². The van der Waals surface area contributed by atoms with E-state index in [-0.39, 0.29) is 5.43 Å². The summed E-state index contributed by atoms with van der Waals surface area (Å²) in [4.78, 5) is 13.6. The Bertz CT molecular complexity index is 555. The van der Waals surface area contributed by atoms with Crippen molar-refractivity contribution in [2.45, 2.75) is 20.4 Å². The van der Waals surface area contributed by atoms with Crippen LogP contribution in [0.1, 0.15) is 19.4 Å². The Morgan fingerprint density at radius 2 is 1.88 bits per heavy atom. The van der Waals surface area contributed by atoms with Crippen LogP contribution in [0.25, 0.3) is 11.0 Å². The topological polar surface area (TPSA) is 34.7 Å². The second kappa shape index (κ2) is 5.15. The molecule has 0 atom stereocenters. The molecule has 1 aromatic carbocycles. The fourth-order valence-corrected chi connectivity index (χ4v) is 2.01. The summed E-state index contributed by atoms with van der Waals surface area (Å²) < 4.78 is 5.50. The van der Waals surface area contributed by atoms with Gasteiger partial charge in [0.25, 0.3) is 0 Å². The molecule has 0 unspecified atom stereocenters. The van der Waals surface area contributed by atoms with Crippen molar-refractivity contribution in [2.75, 3.05) is 13.1 Å². The maximum absolute atomic E-state index is 12.2. The van der Waals surface area contributed by atoms with E-state index in [2.05, 4.69) is 13.8 Å². The zero-order valence-corrected chi connectivity index (χ0v) is 10.3. The predicted molar refractivity (Wildman–Crippen MR) is 68.2 cm³/mol. The Hall–Kier alpha value is -1.61.